The molecule has 4 N–H and O–H groups in total. The second-order valence-electron chi connectivity index (χ2n) is 35.2. The van der Waals surface area contributed by atoms with Gasteiger partial charge in [-0.2, -0.15) is 0 Å². The number of carbonyl (C=O) groups excluding carboxylic acids is 4. The van der Waals surface area contributed by atoms with Crippen molar-refractivity contribution in [2.24, 2.45) is 5.41 Å². The number of ether oxygens (including phenoxy) is 8. The molecule has 0 amide bonds. The molecule has 0 radical (unpaired) electrons. The number of aliphatic hydroxyl groups excluding tert-OH is 4. The molecule has 0 aromatic heterocycles. The van der Waals surface area contributed by atoms with E-state index in [9.17, 15) is 19.2 Å². The number of unbranched alkanes of at least 4 members (excludes halogenated alkanes) is 36. The number of rotatable bonds is 68. The van der Waals surface area contributed by atoms with E-state index < -0.39 is 31.8 Å². The van der Waals surface area contributed by atoms with Gasteiger partial charge in [0.05, 0.1) is 58.3 Å². The van der Waals surface area contributed by atoms with Gasteiger partial charge in [0.25, 0.3) is 0 Å². The van der Waals surface area contributed by atoms with Gasteiger partial charge >= 0.3 is 23.9 Å². The van der Waals surface area contributed by atoms with Crippen LogP contribution in [-0.4, -0.2) is 97.2 Å². The quantitative estimate of drug-likeness (QED) is 0.0158. The Morgan fingerprint density at radius 1 is 0.211 bits per heavy atom. The van der Waals surface area contributed by atoms with Crippen LogP contribution in [0.15, 0.2) is 194 Å². The Balaban J connectivity index is 0.000000359. The van der Waals surface area contributed by atoms with E-state index in [2.05, 4.69) is 27.7 Å². The Hall–Kier alpha value is -9.32. The van der Waals surface area contributed by atoms with E-state index in [1.54, 1.807) is 0 Å². The summed E-state index contributed by atoms with van der Waals surface area (Å²) in [6.07, 6.45) is 57.1. The predicted molar refractivity (Wildman–Crippen MR) is 550 cm³/mol. The Kier molecular flexibility index (Phi) is 68.0. The SMILES string of the molecule is CCCCCCCCCCCCOc1ccc(-c2ccccc2)c(OC(=O)CCC)c1.CCCCCCCCCCCCOc1ccc(-c2ccccc2)c(OC(=O)CCC)c1.CCCCCCCCCCCCOc1ccc(-c2ccccc2)c(OC(=O)CCC)c1.CCCCCCCCCCCCOc1ccc(-c2ccccc2)c(OC(=O)CCC)c1.OCC(CO)(CO)CO. The lowest BCUT2D eigenvalue weighted by atomic mass is 9.93. The third-order valence-electron chi connectivity index (χ3n) is 23.3. The Labute approximate surface area is 803 Å². The third-order valence-corrected chi connectivity index (χ3v) is 23.3. The number of benzene rings is 8. The summed E-state index contributed by atoms with van der Waals surface area (Å²) in [6, 6.07) is 63.3. The highest BCUT2D eigenvalue weighted by molar-refractivity contribution is 5.82. The number of hydrogen-bond donors (Lipinski definition) is 4. The van der Waals surface area contributed by atoms with Gasteiger partial charge in [-0.05, 0) is 122 Å². The minimum atomic E-state index is -1.11. The van der Waals surface area contributed by atoms with Crippen molar-refractivity contribution in [2.45, 2.75) is 364 Å². The first-order chi connectivity index (χ1) is 65.2. The molecule has 8 rings (SSSR count). The maximum atomic E-state index is 12.1. The molecule has 0 unspecified atom stereocenters. The lowest BCUT2D eigenvalue weighted by Gasteiger charge is -2.23. The van der Waals surface area contributed by atoms with Gasteiger partial charge in [0.15, 0.2) is 0 Å². The van der Waals surface area contributed by atoms with E-state index in [0.29, 0.717) is 75.1 Å². The molecule has 0 fully saturated rings. The molecule has 0 heterocycles. The minimum Gasteiger partial charge on any atom is -0.493 e. The number of esters is 4. The average Bonchev–Trinajstić information content (AvgIpc) is 0.840. The fraction of sp³-hybridized carbons (Fsp3) is 0.556. The van der Waals surface area contributed by atoms with Crippen LogP contribution in [-0.2, 0) is 19.2 Å². The van der Waals surface area contributed by atoms with Gasteiger partial charge in [0.2, 0.25) is 0 Å². The maximum absolute atomic E-state index is 12.1. The molecule has 736 valence electrons. The van der Waals surface area contributed by atoms with E-state index in [1.165, 1.54) is 231 Å². The van der Waals surface area contributed by atoms with Crippen LogP contribution < -0.4 is 37.9 Å². The summed E-state index contributed by atoms with van der Waals surface area (Å²) in [6.45, 7) is 18.1. The summed E-state index contributed by atoms with van der Waals surface area (Å²) in [4.78, 5) is 48.4. The van der Waals surface area contributed by atoms with Crippen LogP contribution in [0.1, 0.15) is 364 Å². The zero-order valence-electron chi connectivity index (χ0n) is 83.3. The van der Waals surface area contributed by atoms with E-state index in [0.717, 1.165) is 119 Å². The number of hydrogen-bond acceptors (Lipinski definition) is 16. The van der Waals surface area contributed by atoms with Gasteiger partial charge in [-0.25, -0.2) is 0 Å². The predicted octanol–water partition coefficient (Wildman–Crippen LogP) is 31.4. The van der Waals surface area contributed by atoms with Crippen molar-refractivity contribution in [1.82, 2.24) is 0 Å². The van der Waals surface area contributed by atoms with E-state index in [4.69, 9.17) is 58.3 Å². The highest BCUT2D eigenvalue weighted by Crippen LogP contribution is 2.39. The minimum absolute atomic E-state index is 0.202. The molecule has 16 nitrogen and oxygen atoms in total. The first-order valence-corrected chi connectivity index (χ1v) is 51.8. The van der Waals surface area contributed by atoms with Crippen LogP contribution in [0.3, 0.4) is 0 Å². The standard InChI is InChI=1S/4C28H40O3.C5H12O4/c4*1-3-5-6-7-8-9-10-11-12-16-22-30-25-20-21-26(24-18-14-13-15-19-24)27(23-25)31-28(29)17-4-2;6-1-5(2-7,3-8)4-9/h4*13-15,18-21,23H,3-12,16-17,22H2,1-2H3;6-9H,1-4H2. The molecule has 0 saturated heterocycles. The molecular weight excluding hydrogens is 1660 g/mol. The average molecular weight is 1830 g/mol. The van der Waals surface area contributed by atoms with Gasteiger partial charge in [0.1, 0.15) is 46.0 Å². The van der Waals surface area contributed by atoms with Gasteiger partial charge in [-0.1, -0.05) is 408 Å². The van der Waals surface area contributed by atoms with Crippen LogP contribution in [0.25, 0.3) is 44.5 Å². The molecule has 0 aliphatic heterocycles. The first kappa shape index (κ1) is 116. The second kappa shape index (κ2) is 77.9. The normalized spacial score (nSPS) is 10.9. The van der Waals surface area contributed by atoms with Gasteiger partial charge in [-0.15, -0.1) is 0 Å². The Morgan fingerprint density at radius 3 is 0.526 bits per heavy atom. The molecule has 0 aliphatic rings. The summed E-state index contributed by atoms with van der Waals surface area (Å²) >= 11 is 0. The summed E-state index contributed by atoms with van der Waals surface area (Å²) in [5.41, 5.74) is 6.66. The summed E-state index contributed by atoms with van der Waals surface area (Å²) < 4.78 is 46.5. The molecule has 8 aromatic carbocycles. The molecule has 0 atom stereocenters. The van der Waals surface area contributed by atoms with Crippen molar-refractivity contribution in [3.8, 4) is 90.5 Å². The molecule has 16 heteroatoms. The Bertz CT molecular complexity index is 3650. The molecule has 133 heavy (non-hydrogen) atoms. The fourth-order valence-corrected chi connectivity index (χ4v) is 15.1. The lowest BCUT2D eigenvalue weighted by molar-refractivity contribution is -0.135. The second-order valence-corrected chi connectivity index (χ2v) is 35.2. The van der Waals surface area contributed by atoms with Crippen molar-refractivity contribution in [1.29, 1.82) is 0 Å². The molecular formula is C117H172O16. The van der Waals surface area contributed by atoms with Crippen LogP contribution in [0, 0.1) is 5.41 Å². The molecule has 0 spiro atoms. The van der Waals surface area contributed by atoms with Gasteiger partial charge in [-0.3, -0.25) is 19.2 Å². The summed E-state index contributed by atoms with van der Waals surface area (Å²) in [7, 11) is 0. The molecule has 0 aliphatic carbocycles. The smallest absolute Gasteiger partial charge is 0.311 e. The van der Waals surface area contributed by atoms with E-state index in [-0.39, 0.29) is 23.9 Å². The fourth-order valence-electron chi connectivity index (χ4n) is 15.1. The molecule has 8 aromatic rings. The number of carbonyl (C=O) groups is 4. The van der Waals surface area contributed by atoms with Crippen LogP contribution in [0.4, 0.5) is 0 Å². The molecule has 0 bridgehead atoms. The van der Waals surface area contributed by atoms with E-state index >= 15 is 0 Å². The van der Waals surface area contributed by atoms with Crippen molar-refractivity contribution in [3.63, 3.8) is 0 Å². The largest absolute Gasteiger partial charge is 0.493 e. The third kappa shape index (κ3) is 53.5. The zero-order chi connectivity index (χ0) is 95.9. The number of aliphatic hydroxyl groups is 4. The van der Waals surface area contributed by atoms with Crippen molar-refractivity contribution in [3.05, 3.63) is 194 Å². The molecule has 0 saturated carbocycles. The highest BCUT2D eigenvalue weighted by atomic mass is 16.6. The summed E-state index contributed by atoms with van der Waals surface area (Å²) in [5.74, 6) is 4.52. The lowest BCUT2D eigenvalue weighted by Crippen LogP contribution is -2.37. The van der Waals surface area contributed by atoms with Crippen LogP contribution in [0.2, 0.25) is 0 Å². The first-order valence-electron chi connectivity index (χ1n) is 51.8. The monoisotopic (exact) mass is 1830 g/mol. The topological polar surface area (TPSA) is 223 Å². The van der Waals surface area contributed by atoms with Crippen molar-refractivity contribution < 1.29 is 77.5 Å². The van der Waals surface area contributed by atoms with Crippen LogP contribution >= 0.6 is 0 Å². The zero-order valence-corrected chi connectivity index (χ0v) is 83.3. The maximum Gasteiger partial charge on any atom is 0.311 e. The Morgan fingerprint density at radius 2 is 0.376 bits per heavy atom. The van der Waals surface area contributed by atoms with E-state index in [1.807, 2.05) is 222 Å². The van der Waals surface area contributed by atoms with Crippen LogP contribution in [0.5, 0.6) is 46.0 Å². The summed E-state index contributed by atoms with van der Waals surface area (Å²) in [5, 5.41) is 34.0. The van der Waals surface area contributed by atoms with Crippen molar-refractivity contribution in [2.75, 3.05) is 52.9 Å². The van der Waals surface area contributed by atoms with Crippen molar-refractivity contribution >= 4 is 23.9 Å². The highest BCUT2D eigenvalue weighted by Gasteiger charge is 2.27. The van der Waals surface area contributed by atoms with Gasteiger partial charge in [0, 0.05) is 72.2 Å². The van der Waals surface area contributed by atoms with Gasteiger partial charge < -0.3 is 58.3 Å².